The maximum atomic E-state index is 13.0. The van der Waals surface area contributed by atoms with E-state index in [-0.39, 0.29) is 22.4 Å². The molecule has 0 bridgehead atoms. The number of sulfonamides is 1. The third kappa shape index (κ3) is 4.64. The molecule has 0 spiro atoms. The Labute approximate surface area is 180 Å². The van der Waals surface area contributed by atoms with Gasteiger partial charge in [-0.2, -0.15) is 4.31 Å². The van der Waals surface area contributed by atoms with Gasteiger partial charge in [0, 0.05) is 24.8 Å². The lowest BCUT2D eigenvalue weighted by Crippen LogP contribution is -2.42. The maximum absolute atomic E-state index is 13.0. The van der Waals surface area contributed by atoms with E-state index in [1.807, 2.05) is 0 Å². The van der Waals surface area contributed by atoms with E-state index in [0.29, 0.717) is 30.6 Å². The minimum atomic E-state index is -3.60. The van der Waals surface area contributed by atoms with Gasteiger partial charge in [0.2, 0.25) is 10.0 Å². The number of aromatic nitrogens is 3. The van der Waals surface area contributed by atoms with E-state index >= 15 is 0 Å². The van der Waals surface area contributed by atoms with Crippen LogP contribution in [0.3, 0.4) is 0 Å². The van der Waals surface area contributed by atoms with Crippen molar-refractivity contribution in [3.05, 3.63) is 54.2 Å². The molecule has 9 nitrogen and oxygen atoms in total. The smallest absolute Gasteiger partial charge is 0.322 e. The molecule has 10 heteroatoms. The van der Waals surface area contributed by atoms with E-state index < -0.39 is 15.9 Å². The van der Waals surface area contributed by atoms with Crippen molar-refractivity contribution >= 4 is 21.9 Å². The summed E-state index contributed by atoms with van der Waals surface area (Å²) >= 11 is 0. The third-order valence-electron chi connectivity index (χ3n) is 5.12. The predicted molar refractivity (Wildman–Crippen MR) is 114 cm³/mol. The first-order valence-corrected chi connectivity index (χ1v) is 11.4. The van der Waals surface area contributed by atoms with Crippen molar-refractivity contribution in [2.45, 2.75) is 25.2 Å². The number of anilines is 1. The molecule has 3 heterocycles. The van der Waals surface area contributed by atoms with E-state index in [0.717, 1.165) is 6.42 Å². The Hall–Kier alpha value is -3.11. The standard InChI is InChI=1S/C21H23N5O4S/c1-14-11-15(2)13-26(12-14)31(28,29)17-8-6-16(7-9-17)19(27)23-21-25-24-20(30-21)18-5-3-4-10-22-18/h3-10,14-15H,11-13H2,1-2H3,(H,23,25,27)/t14-,15+. The number of hydrogen-bond acceptors (Lipinski definition) is 7. The van der Waals surface area contributed by atoms with Crippen molar-refractivity contribution in [3.8, 4) is 11.6 Å². The Morgan fingerprint density at radius 3 is 2.42 bits per heavy atom. The topological polar surface area (TPSA) is 118 Å². The van der Waals surface area contributed by atoms with Crippen molar-refractivity contribution in [3.63, 3.8) is 0 Å². The van der Waals surface area contributed by atoms with Gasteiger partial charge >= 0.3 is 6.01 Å². The highest BCUT2D eigenvalue weighted by Gasteiger charge is 2.31. The predicted octanol–water partition coefficient (Wildman–Crippen LogP) is 3.05. The van der Waals surface area contributed by atoms with Gasteiger partial charge < -0.3 is 4.42 Å². The molecule has 3 aromatic rings. The normalized spacial score (nSPS) is 19.8. The number of benzene rings is 1. The number of amides is 1. The van der Waals surface area contributed by atoms with E-state index in [1.54, 1.807) is 24.4 Å². The van der Waals surface area contributed by atoms with Gasteiger partial charge in [-0.3, -0.25) is 15.1 Å². The minimum absolute atomic E-state index is 0.0707. The largest absolute Gasteiger partial charge is 0.401 e. The molecule has 31 heavy (non-hydrogen) atoms. The summed E-state index contributed by atoms with van der Waals surface area (Å²) in [5.74, 6) is 0.325. The highest BCUT2D eigenvalue weighted by atomic mass is 32.2. The van der Waals surface area contributed by atoms with Gasteiger partial charge in [-0.25, -0.2) is 8.42 Å². The SMILES string of the molecule is C[C@@H]1C[C@H](C)CN(S(=O)(=O)c2ccc(C(=O)Nc3nnc(-c4ccccn4)o3)cc2)C1. The maximum Gasteiger partial charge on any atom is 0.322 e. The van der Waals surface area contributed by atoms with Crippen LogP contribution in [0.25, 0.3) is 11.6 Å². The number of piperidine rings is 1. The fraction of sp³-hybridized carbons (Fsp3) is 0.333. The lowest BCUT2D eigenvalue weighted by atomic mass is 9.94. The first-order chi connectivity index (χ1) is 14.8. The van der Waals surface area contributed by atoms with Crippen molar-refractivity contribution in [1.82, 2.24) is 19.5 Å². The molecule has 4 rings (SSSR count). The molecule has 2 atom stereocenters. The van der Waals surface area contributed by atoms with Crippen LogP contribution < -0.4 is 5.32 Å². The number of nitrogens with zero attached hydrogens (tertiary/aromatic N) is 4. The van der Waals surface area contributed by atoms with Gasteiger partial charge in [0.15, 0.2) is 0 Å². The number of carbonyl (C=O) groups excluding carboxylic acids is 1. The number of nitrogens with one attached hydrogen (secondary N) is 1. The molecule has 0 aliphatic carbocycles. The summed E-state index contributed by atoms with van der Waals surface area (Å²) in [6, 6.07) is 11.0. The summed E-state index contributed by atoms with van der Waals surface area (Å²) in [6.07, 6.45) is 2.61. The van der Waals surface area contributed by atoms with Gasteiger partial charge in [0.05, 0.1) is 4.90 Å². The molecule has 1 fully saturated rings. The first kappa shape index (κ1) is 21.1. The highest BCUT2D eigenvalue weighted by Crippen LogP contribution is 2.27. The van der Waals surface area contributed by atoms with Gasteiger partial charge in [0.1, 0.15) is 5.69 Å². The van der Waals surface area contributed by atoms with Crippen molar-refractivity contribution in [2.24, 2.45) is 11.8 Å². The quantitative estimate of drug-likeness (QED) is 0.646. The lowest BCUT2D eigenvalue weighted by molar-refractivity contribution is 0.102. The van der Waals surface area contributed by atoms with E-state index in [1.165, 1.54) is 28.6 Å². The molecule has 0 unspecified atom stereocenters. The second-order valence-corrected chi connectivity index (χ2v) is 9.81. The molecular formula is C21H23N5O4S. The average Bonchev–Trinajstić information content (AvgIpc) is 3.22. The zero-order chi connectivity index (χ0) is 22.0. The van der Waals surface area contributed by atoms with Crippen molar-refractivity contribution < 1.29 is 17.6 Å². The molecule has 1 aromatic carbocycles. The van der Waals surface area contributed by atoms with Gasteiger partial charge in [-0.1, -0.05) is 25.0 Å². The molecule has 2 aromatic heterocycles. The number of carbonyl (C=O) groups is 1. The molecule has 1 aliphatic heterocycles. The van der Waals surface area contributed by atoms with Crippen LogP contribution in [0.5, 0.6) is 0 Å². The summed E-state index contributed by atoms with van der Waals surface area (Å²) in [5, 5.41) is 10.2. The molecule has 1 amide bonds. The fourth-order valence-corrected chi connectivity index (χ4v) is 5.44. The number of rotatable bonds is 5. The van der Waals surface area contributed by atoms with E-state index in [9.17, 15) is 13.2 Å². The third-order valence-corrected chi connectivity index (χ3v) is 6.96. The summed E-state index contributed by atoms with van der Waals surface area (Å²) in [7, 11) is -3.60. The second-order valence-electron chi connectivity index (χ2n) is 7.87. The lowest BCUT2D eigenvalue weighted by Gasteiger charge is -2.34. The average molecular weight is 442 g/mol. The summed E-state index contributed by atoms with van der Waals surface area (Å²) in [6.45, 7) is 5.13. The van der Waals surface area contributed by atoms with Crippen LogP contribution in [0.15, 0.2) is 58.0 Å². The molecular weight excluding hydrogens is 418 g/mol. The van der Waals surface area contributed by atoms with Gasteiger partial charge in [-0.05, 0) is 54.7 Å². The van der Waals surface area contributed by atoms with Crippen molar-refractivity contribution in [1.29, 1.82) is 0 Å². The molecule has 1 aliphatic rings. The van der Waals surface area contributed by atoms with Crippen LogP contribution in [0.4, 0.5) is 6.01 Å². The van der Waals surface area contributed by atoms with Crippen molar-refractivity contribution in [2.75, 3.05) is 18.4 Å². The molecule has 0 saturated carbocycles. The Balaban J connectivity index is 1.45. The molecule has 0 radical (unpaired) electrons. The van der Waals surface area contributed by atoms with Gasteiger partial charge in [0.25, 0.3) is 11.8 Å². The summed E-state index contributed by atoms with van der Waals surface area (Å²) < 4.78 is 32.9. The van der Waals surface area contributed by atoms with Crippen LogP contribution in [-0.4, -0.2) is 46.9 Å². The Kier molecular flexibility index (Phi) is 5.84. The molecule has 1 saturated heterocycles. The number of pyridine rings is 1. The number of hydrogen-bond donors (Lipinski definition) is 1. The zero-order valence-electron chi connectivity index (χ0n) is 17.2. The van der Waals surface area contributed by atoms with E-state index in [2.05, 4.69) is 34.3 Å². The summed E-state index contributed by atoms with van der Waals surface area (Å²) in [4.78, 5) is 16.8. The Morgan fingerprint density at radius 1 is 1.06 bits per heavy atom. The monoisotopic (exact) mass is 441 g/mol. The van der Waals surface area contributed by atoms with Crippen LogP contribution >= 0.6 is 0 Å². The molecule has 1 N–H and O–H groups in total. The van der Waals surface area contributed by atoms with E-state index in [4.69, 9.17) is 4.42 Å². The fourth-order valence-electron chi connectivity index (χ4n) is 3.77. The highest BCUT2D eigenvalue weighted by molar-refractivity contribution is 7.89. The van der Waals surface area contributed by atoms with Crippen LogP contribution in [0.2, 0.25) is 0 Å². The first-order valence-electron chi connectivity index (χ1n) is 9.99. The van der Waals surface area contributed by atoms with Crippen LogP contribution in [-0.2, 0) is 10.0 Å². The Morgan fingerprint density at radius 2 is 1.77 bits per heavy atom. The van der Waals surface area contributed by atoms with Crippen LogP contribution in [0.1, 0.15) is 30.6 Å². The summed E-state index contributed by atoms with van der Waals surface area (Å²) in [5.41, 5.74) is 0.767. The van der Waals surface area contributed by atoms with Gasteiger partial charge in [-0.15, -0.1) is 5.10 Å². The second kappa shape index (κ2) is 8.56. The Bertz CT molecular complexity index is 1150. The minimum Gasteiger partial charge on any atom is -0.401 e. The zero-order valence-corrected chi connectivity index (χ0v) is 18.0. The van der Waals surface area contributed by atoms with Crippen LogP contribution in [0, 0.1) is 11.8 Å². The molecule has 162 valence electrons.